The topological polar surface area (TPSA) is 83.7 Å². The zero-order chi connectivity index (χ0) is 14.7. The Morgan fingerprint density at radius 1 is 1.19 bits per heavy atom. The Labute approximate surface area is 120 Å². The molecule has 0 spiro atoms. The Hall–Kier alpha value is -2.51. The molecule has 2 saturated heterocycles. The summed E-state index contributed by atoms with van der Waals surface area (Å²) in [5.41, 5.74) is 0.831. The third-order valence-corrected chi connectivity index (χ3v) is 4.30. The second-order valence-electron chi connectivity index (χ2n) is 5.58. The summed E-state index contributed by atoms with van der Waals surface area (Å²) in [7, 11) is 1.56. The van der Waals surface area contributed by atoms with E-state index in [-0.39, 0.29) is 23.7 Å². The van der Waals surface area contributed by atoms with Gasteiger partial charge in [0.2, 0.25) is 11.8 Å². The Morgan fingerprint density at radius 3 is 2.52 bits per heavy atom. The number of aryl methyl sites for hydroxylation is 1. The smallest absolute Gasteiger partial charge is 0.254 e. The summed E-state index contributed by atoms with van der Waals surface area (Å²) < 4.78 is 1.65. The summed E-state index contributed by atoms with van der Waals surface area (Å²) in [5, 5.41) is 4.17. The van der Waals surface area contributed by atoms with Crippen molar-refractivity contribution in [2.24, 2.45) is 11.8 Å². The Morgan fingerprint density at radius 2 is 1.86 bits per heavy atom. The number of imide groups is 1. The molecule has 2 amide bonds. The van der Waals surface area contributed by atoms with Crippen molar-refractivity contribution < 1.29 is 9.59 Å². The van der Waals surface area contributed by atoms with E-state index in [1.54, 1.807) is 11.6 Å². The van der Waals surface area contributed by atoms with Gasteiger partial charge < -0.3 is 4.90 Å². The maximum absolute atomic E-state index is 12.1. The summed E-state index contributed by atoms with van der Waals surface area (Å²) in [6.45, 7) is 2.94. The highest BCUT2D eigenvalue weighted by Gasteiger charge is 2.51. The van der Waals surface area contributed by atoms with Crippen molar-refractivity contribution in [3.63, 3.8) is 0 Å². The molecule has 2 fully saturated rings. The monoisotopic (exact) mass is 286 g/mol. The maximum Gasteiger partial charge on any atom is 0.254 e. The van der Waals surface area contributed by atoms with Crippen LogP contribution in [0.3, 0.4) is 0 Å². The molecule has 2 aromatic rings. The first-order chi connectivity index (χ1) is 10.1. The van der Waals surface area contributed by atoms with Crippen molar-refractivity contribution in [2.45, 2.75) is 6.92 Å². The van der Waals surface area contributed by atoms with Crippen molar-refractivity contribution in [3.05, 3.63) is 18.1 Å². The zero-order valence-electron chi connectivity index (χ0n) is 11.7. The van der Waals surface area contributed by atoms with Gasteiger partial charge in [-0.15, -0.1) is 0 Å². The van der Waals surface area contributed by atoms with E-state index in [4.69, 9.17) is 0 Å². The van der Waals surface area contributed by atoms with Crippen molar-refractivity contribution >= 4 is 23.4 Å². The van der Waals surface area contributed by atoms with E-state index in [0.29, 0.717) is 18.9 Å². The molecule has 2 atom stereocenters. The van der Waals surface area contributed by atoms with Crippen LogP contribution in [-0.4, -0.2) is 56.4 Å². The number of anilines is 1. The van der Waals surface area contributed by atoms with Gasteiger partial charge in [-0.05, 0) is 6.92 Å². The minimum absolute atomic E-state index is 0.0897. The van der Waals surface area contributed by atoms with Crippen LogP contribution in [0.4, 0.5) is 5.82 Å². The first kappa shape index (κ1) is 12.2. The summed E-state index contributed by atoms with van der Waals surface area (Å²) >= 11 is 0. The predicted molar refractivity (Wildman–Crippen MR) is 72.5 cm³/mol. The van der Waals surface area contributed by atoms with Crippen LogP contribution in [0.5, 0.6) is 0 Å². The van der Waals surface area contributed by atoms with Gasteiger partial charge in [0.05, 0.1) is 11.8 Å². The van der Waals surface area contributed by atoms with Gasteiger partial charge in [0.1, 0.15) is 12.1 Å². The SMILES string of the molecule is Cc1cc(N2CC3C(=O)N(C)C(=O)C3C2)n2ncnc2n1. The maximum atomic E-state index is 12.1. The third-order valence-electron chi connectivity index (χ3n) is 4.30. The highest BCUT2D eigenvalue weighted by Crippen LogP contribution is 2.35. The summed E-state index contributed by atoms with van der Waals surface area (Å²) in [5.74, 6) is 0.662. The highest BCUT2D eigenvalue weighted by atomic mass is 16.2. The summed E-state index contributed by atoms with van der Waals surface area (Å²) in [6, 6.07) is 1.90. The van der Waals surface area contributed by atoms with Gasteiger partial charge in [0, 0.05) is 31.9 Å². The number of carbonyl (C=O) groups is 2. The molecular weight excluding hydrogens is 272 g/mol. The molecule has 2 aliphatic heterocycles. The normalized spacial score (nSPS) is 25.2. The number of hydrogen-bond donors (Lipinski definition) is 0. The lowest BCUT2D eigenvalue weighted by atomic mass is 10.00. The van der Waals surface area contributed by atoms with Gasteiger partial charge >= 0.3 is 0 Å². The first-order valence-electron chi connectivity index (χ1n) is 6.80. The minimum atomic E-state index is -0.255. The van der Waals surface area contributed by atoms with Gasteiger partial charge in [0.15, 0.2) is 0 Å². The molecule has 0 radical (unpaired) electrons. The van der Waals surface area contributed by atoms with E-state index in [2.05, 4.69) is 15.1 Å². The molecular formula is C13H14N6O2. The Bertz CT molecular complexity index is 745. The van der Waals surface area contributed by atoms with Crippen molar-refractivity contribution in [3.8, 4) is 0 Å². The van der Waals surface area contributed by atoms with Crippen LogP contribution < -0.4 is 4.90 Å². The van der Waals surface area contributed by atoms with Crippen LogP contribution in [0, 0.1) is 18.8 Å². The van der Waals surface area contributed by atoms with Crippen LogP contribution in [0.2, 0.25) is 0 Å². The molecule has 21 heavy (non-hydrogen) atoms. The Kier molecular flexibility index (Phi) is 2.33. The number of hydrogen-bond acceptors (Lipinski definition) is 6. The molecule has 0 bridgehead atoms. The van der Waals surface area contributed by atoms with E-state index >= 15 is 0 Å². The average molecular weight is 286 g/mol. The molecule has 108 valence electrons. The standard InChI is InChI=1S/C13H14N6O2/c1-7-3-10(19-13(16-7)14-6-15-19)18-4-8-9(5-18)12(21)17(2)11(8)20/h3,6,8-9H,4-5H2,1-2H3. The van der Waals surface area contributed by atoms with Crippen molar-refractivity contribution in [1.82, 2.24) is 24.5 Å². The lowest BCUT2D eigenvalue weighted by Gasteiger charge is -2.21. The van der Waals surface area contributed by atoms with Crippen LogP contribution in [0.25, 0.3) is 5.78 Å². The minimum Gasteiger partial charge on any atom is -0.355 e. The largest absolute Gasteiger partial charge is 0.355 e. The summed E-state index contributed by atoms with van der Waals surface area (Å²) in [4.78, 5) is 35.8. The zero-order valence-corrected chi connectivity index (χ0v) is 11.7. The average Bonchev–Trinajstić information content (AvgIpc) is 3.13. The fraction of sp³-hybridized carbons (Fsp3) is 0.462. The van der Waals surface area contributed by atoms with Crippen LogP contribution in [0.15, 0.2) is 12.4 Å². The van der Waals surface area contributed by atoms with Gasteiger partial charge in [-0.25, -0.2) is 4.98 Å². The van der Waals surface area contributed by atoms with Gasteiger partial charge in [0.25, 0.3) is 5.78 Å². The van der Waals surface area contributed by atoms with E-state index in [1.165, 1.54) is 11.2 Å². The number of rotatable bonds is 1. The molecule has 0 aromatic carbocycles. The number of carbonyl (C=O) groups excluding carboxylic acids is 2. The molecule has 4 rings (SSSR count). The molecule has 8 nitrogen and oxygen atoms in total. The predicted octanol–water partition coefficient (Wildman–Crippen LogP) is -0.516. The highest BCUT2D eigenvalue weighted by molar-refractivity contribution is 6.06. The quantitative estimate of drug-likeness (QED) is 0.656. The number of amides is 2. The fourth-order valence-electron chi connectivity index (χ4n) is 3.23. The lowest BCUT2D eigenvalue weighted by molar-refractivity contribution is -0.138. The third kappa shape index (κ3) is 1.58. The molecule has 2 unspecified atom stereocenters. The summed E-state index contributed by atoms with van der Waals surface area (Å²) in [6.07, 6.45) is 1.45. The number of fused-ring (bicyclic) bond motifs is 2. The van der Waals surface area contributed by atoms with Gasteiger partial charge in [-0.1, -0.05) is 0 Å². The molecule has 2 aromatic heterocycles. The van der Waals surface area contributed by atoms with E-state index in [1.807, 2.05) is 17.9 Å². The van der Waals surface area contributed by atoms with Crippen molar-refractivity contribution in [1.29, 1.82) is 0 Å². The second kappa shape index (κ2) is 4.00. The van der Waals surface area contributed by atoms with Crippen LogP contribution >= 0.6 is 0 Å². The second-order valence-corrected chi connectivity index (χ2v) is 5.58. The Balaban J connectivity index is 1.74. The molecule has 4 heterocycles. The van der Waals surface area contributed by atoms with E-state index < -0.39 is 0 Å². The molecule has 0 aliphatic carbocycles. The fourth-order valence-corrected chi connectivity index (χ4v) is 3.23. The van der Waals surface area contributed by atoms with Crippen LogP contribution in [-0.2, 0) is 9.59 Å². The molecule has 0 saturated carbocycles. The number of nitrogens with zero attached hydrogens (tertiary/aromatic N) is 6. The lowest BCUT2D eigenvalue weighted by Crippen LogP contribution is -2.34. The van der Waals surface area contributed by atoms with E-state index in [0.717, 1.165) is 11.5 Å². The van der Waals surface area contributed by atoms with Gasteiger partial charge in [-0.2, -0.15) is 14.6 Å². The van der Waals surface area contributed by atoms with Gasteiger partial charge in [-0.3, -0.25) is 14.5 Å². The molecule has 2 aliphatic rings. The van der Waals surface area contributed by atoms with E-state index in [9.17, 15) is 9.59 Å². The number of likely N-dealkylation sites (tertiary alicyclic amines) is 1. The number of aromatic nitrogens is 4. The first-order valence-corrected chi connectivity index (χ1v) is 6.80. The van der Waals surface area contributed by atoms with Crippen molar-refractivity contribution in [2.75, 3.05) is 25.0 Å². The van der Waals surface area contributed by atoms with Crippen LogP contribution in [0.1, 0.15) is 5.69 Å². The molecule has 8 heteroatoms. The molecule has 0 N–H and O–H groups in total.